The zero-order valence-corrected chi connectivity index (χ0v) is 11.6. The Morgan fingerprint density at radius 1 is 1.35 bits per heavy atom. The highest BCUT2D eigenvalue weighted by atomic mass is 16.5. The van der Waals surface area contributed by atoms with Gasteiger partial charge in [0, 0.05) is 26.1 Å². The van der Waals surface area contributed by atoms with E-state index in [2.05, 4.69) is 15.4 Å². The Balaban J connectivity index is 2.49. The predicted octanol–water partition coefficient (Wildman–Crippen LogP) is -0.602. The lowest BCUT2D eigenvalue weighted by molar-refractivity contribution is -0.142. The smallest absolute Gasteiger partial charge is 0.326 e. The molecule has 20 heavy (non-hydrogen) atoms. The van der Waals surface area contributed by atoms with Gasteiger partial charge in [-0.05, 0) is 19.4 Å². The van der Waals surface area contributed by atoms with Gasteiger partial charge >= 0.3 is 18.0 Å². The molecule has 0 aromatic rings. The van der Waals surface area contributed by atoms with Crippen molar-refractivity contribution in [1.82, 2.24) is 15.5 Å². The van der Waals surface area contributed by atoms with Gasteiger partial charge in [0.2, 0.25) is 0 Å². The lowest BCUT2D eigenvalue weighted by atomic mass is 10.1. The summed E-state index contributed by atoms with van der Waals surface area (Å²) in [5.74, 6) is -1.65. The summed E-state index contributed by atoms with van der Waals surface area (Å²) in [6, 6.07) is -1.50. The second-order valence-electron chi connectivity index (χ2n) is 4.55. The number of amides is 2. The quantitative estimate of drug-likeness (QED) is 0.583. The molecule has 1 saturated heterocycles. The summed E-state index contributed by atoms with van der Waals surface area (Å²) in [5, 5.41) is 14.7. The third-order valence-electron chi connectivity index (χ3n) is 3.09. The number of carboxylic acid groups (broad SMARTS) is 1. The van der Waals surface area contributed by atoms with E-state index in [1.54, 1.807) is 4.90 Å². The van der Waals surface area contributed by atoms with Crippen LogP contribution in [0.4, 0.5) is 4.79 Å². The highest BCUT2D eigenvalue weighted by Crippen LogP contribution is 2.02. The number of aliphatic carboxylic acids is 1. The molecule has 0 bridgehead atoms. The van der Waals surface area contributed by atoms with E-state index < -0.39 is 24.0 Å². The number of hydrogen-bond acceptors (Lipinski definition) is 5. The maximum atomic E-state index is 12.0. The summed E-state index contributed by atoms with van der Waals surface area (Å²) >= 11 is 0. The molecule has 0 aliphatic carbocycles. The van der Waals surface area contributed by atoms with E-state index in [0.717, 1.165) is 13.0 Å². The standard InChI is InChI=1S/C12H21N3O5/c1-20-10(16)4-3-9(11(17)18)14-12(19)15-7-2-5-13-6-8-15/h9,13H,2-8H2,1H3,(H,14,19)(H,17,18)/t9-/m0/s1. The number of ether oxygens (including phenoxy) is 1. The number of carbonyl (C=O) groups excluding carboxylic acids is 2. The van der Waals surface area contributed by atoms with Crippen molar-refractivity contribution in [2.75, 3.05) is 33.3 Å². The van der Waals surface area contributed by atoms with Crippen molar-refractivity contribution < 1.29 is 24.2 Å². The minimum atomic E-state index is -1.16. The van der Waals surface area contributed by atoms with Crippen LogP contribution in [0.1, 0.15) is 19.3 Å². The largest absolute Gasteiger partial charge is 0.480 e. The van der Waals surface area contributed by atoms with E-state index >= 15 is 0 Å². The van der Waals surface area contributed by atoms with Crippen molar-refractivity contribution in [3.8, 4) is 0 Å². The molecule has 0 aromatic carbocycles. The Bertz CT molecular complexity index is 353. The van der Waals surface area contributed by atoms with Crippen molar-refractivity contribution in [3.05, 3.63) is 0 Å². The van der Waals surface area contributed by atoms with Crippen LogP contribution in [0.3, 0.4) is 0 Å². The number of hydrogen-bond donors (Lipinski definition) is 3. The van der Waals surface area contributed by atoms with E-state index in [1.807, 2.05) is 0 Å². The summed E-state index contributed by atoms with van der Waals surface area (Å²) in [7, 11) is 1.24. The highest BCUT2D eigenvalue weighted by Gasteiger charge is 2.24. The van der Waals surface area contributed by atoms with Crippen LogP contribution >= 0.6 is 0 Å². The maximum absolute atomic E-state index is 12.0. The van der Waals surface area contributed by atoms with Crippen LogP contribution in [0.25, 0.3) is 0 Å². The molecular weight excluding hydrogens is 266 g/mol. The van der Waals surface area contributed by atoms with E-state index in [9.17, 15) is 14.4 Å². The Hall–Kier alpha value is -1.83. The van der Waals surface area contributed by atoms with Crippen molar-refractivity contribution in [1.29, 1.82) is 0 Å². The Kier molecular flexibility index (Phi) is 6.78. The first kappa shape index (κ1) is 16.2. The number of carbonyl (C=O) groups is 3. The molecule has 1 heterocycles. The van der Waals surface area contributed by atoms with Crippen molar-refractivity contribution in [2.45, 2.75) is 25.3 Å². The van der Waals surface area contributed by atoms with Crippen LogP contribution < -0.4 is 10.6 Å². The average molecular weight is 287 g/mol. The first-order valence-corrected chi connectivity index (χ1v) is 6.60. The van der Waals surface area contributed by atoms with Gasteiger partial charge in [0.15, 0.2) is 0 Å². The molecule has 8 heteroatoms. The first-order valence-electron chi connectivity index (χ1n) is 6.60. The van der Waals surface area contributed by atoms with Gasteiger partial charge < -0.3 is 25.4 Å². The average Bonchev–Trinajstić information content (AvgIpc) is 2.71. The lowest BCUT2D eigenvalue weighted by Gasteiger charge is -2.23. The van der Waals surface area contributed by atoms with E-state index in [-0.39, 0.29) is 12.8 Å². The Morgan fingerprint density at radius 2 is 2.10 bits per heavy atom. The molecule has 1 atom stereocenters. The molecule has 114 valence electrons. The summed E-state index contributed by atoms with van der Waals surface area (Å²) in [6.07, 6.45) is 0.794. The number of nitrogens with zero attached hydrogens (tertiary/aromatic N) is 1. The first-order chi connectivity index (χ1) is 9.54. The molecule has 8 nitrogen and oxygen atoms in total. The number of carboxylic acids is 1. The molecule has 1 aliphatic heterocycles. The molecule has 0 saturated carbocycles. The monoisotopic (exact) mass is 287 g/mol. The Morgan fingerprint density at radius 3 is 2.75 bits per heavy atom. The normalized spacial score (nSPS) is 16.9. The van der Waals surface area contributed by atoms with Crippen molar-refractivity contribution in [3.63, 3.8) is 0 Å². The van der Waals surface area contributed by atoms with Crippen LogP contribution in [0.5, 0.6) is 0 Å². The number of methoxy groups -OCH3 is 1. The molecule has 3 N–H and O–H groups in total. The van der Waals surface area contributed by atoms with Gasteiger partial charge in [-0.15, -0.1) is 0 Å². The Labute approximate surface area is 117 Å². The molecule has 0 unspecified atom stereocenters. The van der Waals surface area contributed by atoms with Crippen LogP contribution in [0, 0.1) is 0 Å². The highest BCUT2D eigenvalue weighted by molar-refractivity contribution is 5.83. The van der Waals surface area contributed by atoms with E-state index in [0.29, 0.717) is 19.6 Å². The maximum Gasteiger partial charge on any atom is 0.326 e. The zero-order chi connectivity index (χ0) is 15.0. The fraction of sp³-hybridized carbons (Fsp3) is 0.750. The lowest BCUT2D eigenvalue weighted by Crippen LogP contribution is -2.49. The molecule has 0 radical (unpaired) electrons. The fourth-order valence-corrected chi connectivity index (χ4v) is 1.91. The van der Waals surface area contributed by atoms with E-state index in [1.165, 1.54) is 7.11 Å². The molecule has 1 fully saturated rings. The third-order valence-corrected chi connectivity index (χ3v) is 3.09. The molecule has 0 aromatic heterocycles. The van der Waals surface area contributed by atoms with Gasteiger partial charge in [-0.3, -0.25) is 4.79 Å². The molecule has 1 rings (SSSR count). The van der Waals surface area contributed by atoms with Crippen molar-refractivity contribution in [2.24, 2.45) is 0 Å². The SMILES string of the molecule is COC(=O)CC[C@H](NC(=O)N1CCCNCC1)C(=O)O. The minimum absolute atomic E-state index is 0.0137. The summed E-state index contributed by atoms with van der Waals surface area (Å²) in [4.78, 5) is 35.7. The van der Waals surface area contributed by atoms with Gasteiger partial charge in [-0.2, -0.15) is 0 Å². The number of urea groups is 1. The molecule has 0 spiro atoms. The van der Waals surface area contributed by atoms with Crippen LogP contribution in [-0.2, 0) is 14.3 Å². The van der Waals surface area contributed by atoms with Crippen LogP contribution in [0.15, 0.2) is 0 Å². The number of nitrogens with one attached hydrogen (secondary N) is 2. The zero-order valence-electron chi connectivity index (χ0n) is 11.6. The van der Waals surface area contributed by atoms with Gasteiger partial charge in [-0.25, -0.2) is 9.59 Å². The topological polar surface area (TPSA) is 108 Å². The van der Waals surface area contributed by atoms with Gasteiger partial charge in [0.1, 0.15) is 6.04 Å². The van der Waals surface area contributed by atoms with Gasteiger partial charge in [0.05, 0.1) is 7.11 Å². The van der Waals surface area contributed by atoms with Gasteiger partial charge in [0.25, 0.3) is 0 Å². The molecule has 1 aliphatic rings. The van der Waals surface area contributed by atoms with Gasteiger partial charge in [-0.1, -0.05) is 0 Å². The molecular formula is C12H21N3O5. The summed E-state index contributed by atoms with van der Waals surface area (Å²) in [6.45, 7) is 2.65. The van der Waals surface area contributed by atoms with Crippen LogP contribution in [-0.4, -0.2) is 67.3 Å². The number of esters is 1. The fourth-order valence-electron chi connectivity index (χ4n) is 1.91. The summed E-state index contributed by atoms with van der Waals surface area (Å²) in [5.41, 5.74) is 0. The summed E-state index contributed by atoms with van der Waals surface area (Å²) < 4.78 is 4.45. The molecule has 2 amide bonds. The van der Waals surface area contributed by atoms with Crippen molar-refractivity contribution >= 4 is 18.0 Å². The third kappa shape index (κ3) is 5.43. The van der Waals surface area contributed by atoms with Crippen LogP contribution in [0.2, 0.25) is 0 Å². The predicted molar refractivity (Wildman–Crippen MR) is 70.3 cm³/mol. The van der Waals surface area contributed by atoms with E-state index in [4.69, 9.17) is 5.11 Å². The number of rotatable bonds is 5. The second kappa shape index (κ2) is 8.36. The minimum Gasteiger partial charge on any atom is -0.480 e. The second-order valence-corrected chi connectivity index (χ2v) is 4.55.